The Balaban J connectivity index is 2.55. The Morgan fingerprint density at radius 3 is 2.35 bits per heavy atom. The third kappa shape index (κ3) is 3.46. The Bertz CT molecular complexity index is 819. The molecule has 0 fully saturated rings. The van der Waals surface area contributed by atoms with Gasteiger partial charge in [0.2, 0.25) is 0 Å². The fourth-order valence-corrected chi connectivity index (χ4v) is 4.24. The zero-order chi connectivity index (χ0) is 17.2. The number of rotatable bonds is 5. The lowest BCUT2D eigenvalue weighted by Crippen LogP contribution is -2.31. The van der Waals surface area contributed by atoms with Gasteiger partial charge in [0.25, 0.3) is 10.0 Å². The van der Waals surface area contributed by atoms with Crippen molar-refractivity contribution < 1.29 is 13.2 Å². The van der Waals surface area contributed by atoms with Crippen molar-refractivity contribution in [1.29, 1.82) is 0 Å². The molecule has 0 aliphatic rings. The summed E-state index contributed by atoms with van der Waals surface area (Å²) in [5.41, 5.74) is 2.21. The minimum atomic E-state index is -3.67. The zero-order valence-electron chi connectivity index (χ0n) is 13.6. The number of nitrogens with zero attached hydrogens (tertiary/aromatic N) is 1. The van der Waals surface area contributed by atoms with Crippen molar-refractivity contribution in [2.24, 2.45) is 0 Å². The summed E-state index contributed by atoms with van der Waals surface area (Å²) in [5, 5.41) is 0.505. The summed E-state index contributed by atoms with van der Waals surface area (Å²) in [6, 6.07) is 10.1. The van der Waals surface area contributed by atoms with Gasteiger partial charge in [-0.1, -0.05) is 17.7 Å². The number of methoxy groups -OCH3 is 1. The van der Waals surface area contributed by atoms with E-state index in [9.17, 15) is 8.42 Å². The lowest BCUT2D eigenvalue weighted by atomic mass is 10.2. The minimum Gasteiger partial charge on any atom is -0.496 e. The molecule has 0 N–H and O–H groups in total. The Labute approximate surface area is 142 Å². The van der Waals surface area contributed by atoms with Crippen LogP contribution in [0.15, 0.2) is 41.3 Å². The standard InChI is InChI=1S/C17H20ClNO3S/c1-5-19(16-11-14(18)7-6-12(16)2)23(20,21)15-8-9-17(22-4)13(3)10-15/h6-11H,5H2,1-4H3. The van der Waals surface area contributed by atoms with Gasteiger partial charge < -0.3 is 4.74 Å². The Kier molecular flexibility index (Phi) is 5.22. The molecule has 0 aliphatic carbocycles. The molecule has 23 heavy (non-hydrogen) atoms. The number of hydrogen-bond donors (Lipinski definition) is 0. The van der Waals surface area contributed by atoms with Crippen LogP contribution in [0.3, 0.4) is 0 Å². The summed E-state index contributed by atoms with van der Waals surface area (Å²) in [5.74, 6) is 0.658. The predicted molar refractivity (Wildman–Crippen MR) is 94.1 cm³/mol. The summed E-state index contributed by atoms with van der Waals surface area (Å²) < 4.78 is 32.6. The van der Waals surface area contributed by atoms with Crippen LogP contribution < -0.4 is 9.04 Å². The molecule has 0 atom stereocenters. The van der Waals surface area contributed by atoms with Crippen molar-refractivity contribution in [1.82, 2.24) is 0 Å². The molecule has 0 aliphatic heterocycles. The van der Waals surface area contributed by atoms with E-state index in [4.69, 9.17) is 16.3 Å². The van der Waals surface area contributed by atoms with Crippen LogP contribution in [0.2, 0.25) is 5.02 Å². The van der Waals surface area contributed by atoms with Crippen LogP contribution >= 0.6 is 11.6 Å². The highest BCUT2D eigenvalue weighted by Crippen LogP contribution is 2.30. The molecule has 2 rings (SSSR count). The first-order valence-electron chi connectivity index (χ1n) is 7.24. The van der Waals surface area contributed by atoms with E-state index in [0.29, 0.717) is 23.0 Å². The average Bonchev–Trinajstić information content (AvgIpc) is 2.51. The number of halogens is 1. The van der Waals surface area contributed by atoms with Crippen LogP contribution in [-0.2, 0) is 10.0 Å². The Morgan fingerprint density at radius 2 is 1.78 bits per heavy atom. The molecule has 6 heteroatoms. The fraction of sp³-hybridized carbons (Fsp3) is 0.294. The van der Waals surface area contributed by atoms with E-state index in [-0.39, 0.29) is 4.90 Å². The summed E-state index contributed by atoms with van der Waals surface area (Å²) >= 11 is 6.04. The first kappa shape index (κ1) is 17.6. The molecule has 0 bridgehead atoms. The van der Waals surface area contributed by atoms with Crippen molar-refractivity contribution >= 4 is 27.3 Å². The van der Waals surface area contributed by atoms with Gasteiger partial charge in [0.15, 0.2) is 0 Å². The van der Waals surface area contributed by atoms with Crippen molar-refractivity contribution in [3.8, 4) is 5.75 Å². The monoisotopic (exact) mass is 353 g/mol. The number of ether oxygens (including phenoxy) is 1. The predicted octanol–water partition coefficient (Wildman–Crippen LogP) is 4.18. The van der Waals surface area contributed by atoms with Gasteiger partial charge in [-0.3, -0.25) is 4.31 Å². The zero-order valence-corrected chi connectivity index (χ0v) is 15.2. The lowest BCUT2D eigenvalue weighted by molar-refractivity contribution is 0.411. The molecule has 2 aromatic rings. The number of benzene rings is 2. The molecule has 124 valence electrons. The smallest absolute Gasteiger partial charge is 0.264 e. The summed E-state index contributed by atoms with van der Waals surface area (Å²) in [7, 11) is -2.11. The maximum absolute atomic E-state index is 13.0. The molecule has 0 radical (unpaired) electrons. The molecule has 0 saturated heterocycles. The maximum Gasteiger partial charge on any atom is 0.264 e. The quantitative estimate of drug-likeness (QED) is 0.810. The molecular weight excluding hydrogens is 334 g/mol. The minimum absolute atomic E-state index is 0.233. The summed E-state index contributed by atoms with van der Waals surface area (Å²) in [6.45, 7) is 5.80. The van der Waals surface area contributed by atoms with Gasteiger partial charge in [0.05, 0.1) is 17.7 Å². The van der Waals surface area contributed by atoms with Crippen molar-refractivity contribution in [3.05, 3.63) is 52.5 Å². The van der Waals surface area contributed by atoms with Gasteiger partial charge in [-0.15, -0.1) is 0 Å². The molecule has 0 spiro atoms. The third-order valence-corrected chi connectivity index (χ3v) is 5.80. The normalized spacial score (nSPS) is 11.3. The van der Waals surface area contributed by atoms with Gasteiger partial charge in [-0.25, -0.2) is 8.42 Å². The van der Waals surface area contributed by atoms with Gasteiger partial charge in [-0.2, -0.15) is 0 Å². The van der Waals surface area contributed by atoms with Crippen LogP contribution in [0, 0.1) is 13.8 Å². The van der Waals surface area contributed by atoms with Crippen LogP contribution in [0.1, 0.15) is 18.1 Å². The molecule has 0 saturated carbocycles. The third-order valence-electron chi connectivity index (χ3n) is 3.68. The summed E-state index contributed by atoms with van der Waals surface area (Å²) in [6.07, 6.45) is 0. The number of anilines is 1. The van der Waals surface area contributed by atoms with Crippen LogP contribution in [-0.4, -0.2) is 22.1 Å². The average molecular weight is 354 g/mol. The highest BCUT2D eigenvalue weighted by atomic mass is 35.5. The molecule has 0 amide bonds. The highest BCUT2D eigenvalue weighted by Gasteiger charge is 2.25. The molecule has 4 nitrogen and oxygen atoms in total. The van der Waals surface area contributed by atoms with Crippen LogP contribution in [0.25, 0.3) is 0 Å². The van der Waals surface area contributed by atoms with E-state index in [1.54, 1.807) is 44.4 Å². The van der Waals surface area contributed by atoms with E-state index >= 15 is 0 Å². The molecule has 0 unspecified atom stereocenters. The molecule has 0 aromatic heterocycles. The van der Waals surface area contributed by atoms with Crippen molar-refractivity contribution in [2.45, 2.75) is 25.7 Å². The molecule has 0 heterocycles. The Morgan fingerprint density at radius 1 is 1.09 bits per heavy atom. The lowest BCUT2D eigenvalue weighted by Gasteiger charge is -2.25. The number of sulfonamides is 1. The second kappa shape index (κ2) is 6.81. The van der Waals surface area contributed by atoms with Crippen molar-refractivity contribution in [2.75, 3.05) is 18.0 Å². The first-order chi connectivity index (χ1) is 10.8. The van der Waals surface area contributed by atoms with Gasteiger partial charge in [0.1, 0.15) is 5.75 Å². The van der Waals surface area contributed by atoms with Crippen LogP contribution in [0.4, 0.5) is 5.69 Å². The van der Waals surface area contributed by atoms with E-state index in [1.807, 2.05) is 19.9 Å². The van der Waals surface area contributed by atoms with E-state index in [2.05, 4.69) is 0 Å². The largest absolute Gasteiger partial charge is 0.496 e. The molecule has 2 aromatic carbocycles. The second-order valence-corrected chi connectivity index (χ2v) is 7.53. The van der Waals surface area contributed by atoms with E-state index < -0.39 is 10.0 Å². The number of hydrogen-bond acceptors (Lipinski definition) is 3. The van der Waals surface area contributed by atoms with Crippen molar-refractivity contribution in [3.63, 3.8) is 0 Å². The molecular formula is C17H20ClNO3S. The topological polar surface area (TPSA) is 46.6 Å². The first-order valence-corrected chi connectivity index (χ1v) is 9.06. The van der Waals surface area contributed by atoms with Crippen LogP contribution in [0.5, 0.6) is 5.75 Å². The SMILES string of the molecule is CCN(c1cc(Cl)ccc1C)S(=O)(=O)c1ccc(OC)c(C)c1. The maximum atomic E-state index is 13.0. The highest BCUT2D eigenvalue weighted by molar-refractivity contribution is 7.92. The van der Waals surface area contributed by atoms with E-state index in [0.717, 1.165) is 11.1 Å². The Hall–Kier alpha value is -1.72. The fourth-order valence-electron chi connectivity index (χ4n) is 2.46. The number of aryl methyl sites for hydroxylation is 2. The second-order valence-electron chi connectivity index (χ2n) is 5.23. The van der Waals surface area contributed by atoms with E-state index in [1.165, 1.54) is 4.31 Å². The van der Waals surface area contributed by atoms with Gasteiger partial charge in [0, 0.05) is 11.6 Å². The van der Waals surface area contributed by atoms with Gasteiger partial charge >= 0.3 is 0 Å². The van der Waals surface area contributed by atoms with Gasteiger partial charge in [-0.05, 0) is 62.2 Å². The summed E-state index contributed by atoms with van der Waals surface area (Å²) in [4.78, 5) is 0.233.